The van der Waals surface area contributed by atoms with E-state index in [4.69, 9.17) is 0 Å². The molecule has 0 fully saturated rings. The first-order chi connectivity index (χ1) is 19.3. The van der Waals surface area contributed by atoms with Gasteiger partial charge in [-0.2, -0.15) is 43.2 Å². The minimum Gasteiger partial charge on any atom is -0.459 e. The Kier molecular flexibility index (Phi) is 10.7. The molecular weight excluding hydrogens is 630 g/mol. The van der Waals surface area contributed by atoms with Gasteiger partial charge in [-0.25, -0.2) is 8.61 Å². The summed E-state index contributed by atoms with van der Waals surface area (Å²) in [6.07, 6.45) is 0. The minimum absolute atomic E-state index is 0.231. The largest absolute Gasteiger partial charge is 0.516 e. The maximum Gasteiger partial charge on any atom is 0.516 e. The van der Waals surface area contributed by atoms with Crippen LogP contribution in [0.15, 0.2) is 60.7 Å². The van der Waals surface area contributed by atoms with Gasteiger partial charge < -0.3 is 9.47 Å². The third-order valence-corrected chi connectivity index (χ3v) is 7.75. The van der Waals surface area contributed by atoms with Gasteiger partial charge in [0.05, 0.1) is 0 Å². The van der Waals surface area contributed by atoms with E-state index in [1.54, 1.807) is 0 Å². The number of ether oxygens (including phenoxy) is 2. The molecule has 0 aromatic heterocycles. The van der Waals surface area contributed by atoms with Gasteiger partial charge in [-0.05, 0) is 11.1 Å². The standard InChI is InChI=1S/C22H18F6N2O10S2/c23-21(24,25)41(35,36)29(11-17(31)39-13-15-7-3-1-4-8-15)19(33)20(34)30(42(37,38)22(26,27)28)12-18(32)40-14-16-9-5-2-6-10-16/h1-10H,11-14H2. The average Bonchev–Trinajstić information content (AvgIpc) is 2.91. The summed E-state index contributed by atoms with van der Waals surface area (Å²) in [4.78, 5) is 49.4. The fraction of sp³-hybridized carbons (Fsp3) is 0.273. The Morgan fingerprint density at radius 3 is 1.12 bits per heavy atom. The van der Waals surface area contributed by atoms with Gasteiger partial charge in [-0.1, -0.05) is 60.7 Å². The molecule has 0 aliphatic heterocycles. The van der Waals surface area contributed by atoms with Crippen molar-refractivity contribution in [3.05, 3.63) is 71.8 Å². The number of hydrogen-bond donors (Lipinski definition) is 0. The first kappa shape index (κ1) is 34.0. The SMILES string of the molecule is O=C(CN(C(=O)C(=O)N(CC(=O)OCc1ccccc1)S(=O)(=O)C(F)(F)F)S(=O)(=O)C(F)(F)F)OCc1ccccc1. The highest BCUT2D eigenvalue weighted by Gasteiger charge is 2.57. The number of esters is 2. The zero-order valence-corrected chi connectivity index (χ0v) is 22.3. The first-order valence-electron chi connectivity index (χ1n) is 10.9. The van der Waals surface area contributed by atoms with Crippen molar-refractivity contribution < 1.29 is 71.8 Å². The van der Waals surface area contributed by atoms with Crippen molar-refractivity contribution in [3.63, 3.8) is 0 Å². The van der Waals surface area contributed by atoms with Crippen LogP contribution >= 0.6 is 0 Å². The summed E-state index contributed by atoms with van der Waals surface area (Å²) in [6, 6.07) is 14.3. The average molecular weight is 649 g/mol. The number of alkyl halides is 6. The zero-order valence-electron chi connectivity index (χ0n) is 20.7. The summed E-state index contributed by atoms with van der Waals surface area (Å²) < 4.78 is 134. The molecular formula is C22H18F6N2O10S2. The highest BCUT2D eigenvalue weighted by molar-refractivity contribution is 7.91. The zero-order chi connectivity index (χ0) is 31.9. The molecule has 0 aliphatic rings. The molecule has 0 spiro atoms. The molecule has 20 heteroatoms. The second-order valence-electron chi connectivity index (χ2n) is 7.82. The number of amides is 2. The van der Waals surface area contributed by atoms with E-state index in [-0.39, 0.29) is 11.1 Å². The fourth-order valence-corrected chi connectivity index (χ4v) is 4.44. The molecule has 2 amide bonds. The molecule has 230 valence electrons. The van der Waals surface area contributed by atoms with Crippen LogP contribution in [0.1, 0.15) is 11.1 Å². The van der Waals surface area contributed by atoms with Crippen molar-refractivity contribution in [1.82, 2.24) is 8.61 Å². The van der Waals surface area contributed by atoms with Crippen molar-refractivity contribution in [2.24, 2.45) is 0 Å². The molecule has 0 saturated carbocycles. The van der Waals surface area contributed by atoms with Crippen molar-refractivity contribution in [3.8, 4) is 0 Å². The Hall–Kier alpha value is -4.20. The van der Waals surface area contributed by atoms with Crippen molar-refractivity contribution >= 4 is 43.8 Å². The van der Waals surface area contributed by atoms with Crippen molar-refractivity contribution in [1.29, 1.82) is 0 Å². The van der Waals surface area contributed by atoms with Gasteiger partial charge in [0.1, 0.15) is 26.3 Å². The van der Waals surface area contributed by atoms with Crippen LogP contribution in [-0.2, 0) is 61.9 Å². The van der Waals surface area contributed by atoms with E-state index in [2.05, 4.69) is 9.47 Å². The quantitative estimate of drug-likeness (QED) is 0.211. The van der Waals surface area contributed by atoms with E-state index in [1.165, 1.54) is 60.7 Å². The van der Waals surface area contributed by atoms with E-state index < -0.39 is 89.7 Å². The molecule has 0 heterocycles. The molecule has 12 nitrogen and oxygen atoms in total. The van der Waals surface area contributed by atoms with Crippen molar-refractivity contribution in [2.75, 3.05) is 13.1 Å². The molecule has 2 rings (SSSR count). The van der Waals surface area contributed by atoms with Crippen LogP contribution in [-0.4, -0.2) is 73.3 Å². The summed E-state index contributed by atoms with van der Waals surface area (Å²) in [5, 5.41) is 0. The predicted octanol–water partition coefficient (Wildman–Crippen LogP) is 1.83. The molecule has 0 unspecified atom stereocenters. The van der Waals surface area contributed by atoms with E-state index in [0.29, 0.717) is 0 Å². The highest BCUT2D eigenvalue weighted by atomic mass is 32.2. The third kappa shape index (κ3) is 8.41. The lowest BCUT2D eigenvalue weighted by atomic mass is 10.2. The number of rotatable bonds is 10. The lowest BCUT2D eigenvalue weighted by Gasteiger charge is -2.26. The Bertz CT molecular complexity index is 1400. The highest BCUT2D eigenvalue weighted by Crippen LogP contribution is 2.30. The molecule has 2 aromatic rings. The Labute approximate surface area is 233 Å². The smallest absolute Gasteiger partial charge is 0.459 e. The number of benzene rings is 2. The van der Waals surface area contributed by atoms with Gasteiger partial charge in [0.25, 0.3) is 0 Å². The van der Waals surface area contributed by atoms with Crippen molar-refractivity contribution in [2.45, 2.75) is 24.2 Å². The monoisotopic (exact) mass is 648 g/mol. The van der Waals surface area contributed by atoms with Crippen LogP contribution in [0.2, 0.25) is 0 Å². The number of carbonyl (C=O) groups is 4. The lowest BCUT2D eigenvalue weighted by Crippen LogP contribution is -2.56. The third-order valence-electron chi connectivity index (χ3n) is 4.83. The molecule has 0 bridgehead atoms. The Morgan fingerprint density at radius 1 is 0.571 bits per heavy atom. The van der Waals surface area contributed by atoms with Gasteiger partial charge >= 0.3 is 54.8 Å². The summed E-state index contributed by atoms with van der Waals surface area (Å²) in [5.74, 6) is -9.93. The first-order valence-corrected chi connectivity index (χ1v) is 13.8. The number of nitrogens with zero attached hydrogens (tertiary/aromatic N) is 2. The van der Waals surface area contributed by atoms with Gasteiger partial charge in [-0.3, -0.25) is 19.2 Å². The van der Waals surface area contributed by atoms with Gasteiger partial charge in [0, 0.05) is 0 Å². The van der Waals surface area contributed by atoms with E-state index in [9.17, 15) is 62.4 Å². The maximum atomic E-state index is 13.3. The predicted molar refractivity (Wildman–Crippen MR) is 126 cm³/mol. The minimum atomic E-state index is -7.01. The normalized spacial score (nSPS) is 12.2. The molecule has 0 aliphatic carbocycles. The number of carbonyl (C=O) groups excluding carboxylic acids is 4. The van der Waals surface area contributed by atoms with Crippen LogP contribution in [0.4, 0.5) is 26.3 Å². The molecule has 0 saturated heterocycles. The molecule has 42 heavy (non-hydrogen) atoms. The van der Waals surface area contributed by atoms with Crippen LogP contribution < -0.4 is 0 Å². The number of halogens is 6. The van der Waals surface area contributed by atoms with Gasteiger partial charge in [0.2, 0.25) is 0 Å². The Balaban J connectivity index is 2.40. The van der Waals surface area contributed by atoms with Crippen LogP contribution in [0.5, 0.6) is 0 Å². The lowest BCUT2D eigenvalue weighted by molar-refractivity contribution is -0.155. The van der Waals surface area contributed by atoms with Gasteiger partial charge in [-0.15, -0.1) is 0 Å². The second kappa shape index (κ2) is 13.2. The number of sulfonamides is 2. The summed E-state index contributed by atoms with van der Waals surface area (Å²) in [5.41, 5.74) is -12.4. The molecule has 0 atom stereocenters. The summed E-state index contributed by atoms with van der Waals surface area (Å²) >= 11 is 0. The second-order valence-corrected chi connectivity index (χ2v) is 11.5. The Morgan fingerprint density at radius 2 is 0.857 bits per heavy atom. The van der Waals surface area contributed by atoms with Crippen LogP contribution in [0.25, 0.3) is 0 Å². The van der Waals surface area contributed by atoms with E-state index in [1.807, 2.05) is 0 Å². The molecule has 0 N–H and O–H groups in total. The summed E-state index contributed by atoms with van der Waals surface area (Å²) in [7, 11) is -14.0. The van der Waals surface area contributed by atoms with Crippen LogP contribution in [0, 0.1) is 0 Å². The van der Waals surface area contributed by atoms with Gasteiger partial charge in [0.15, 0.2) is 0 Å². The molecule has 2 aromatic carbocycles. The van der Waals surface area contributed by atoms with E-state index in [0.717, 1.165) is 0 Å². The van der Waals surface area contributed by atoms with Crippen LogP contribution in [0.3, 0.4) is 0 Å². The number of hydrogen-bond acceptors (Lipinski definition) is 10. The molecule has 0 radical (unpaired) electrons. The van der Waals surface area contributed by atoms with E-state index >= 15 is 0 Å². The summed E-state index contributed by atoms with van der Waals surface area (Å²) in [6.45, 7) is -5.78. The topological polar surface area (TPSA) is 161 Å². The maximum absolute atomic E-state index is 13.3. The fourth-order valence-electron chi connectivity index (χ4n) is 2.80.